The Morgan fingerprint density at radius 3 is 2.07 bits per heavy atom. The SMILES string of the molecule is O=C(/C=C/c1ccc(O)cc1)C1=C(O)C2=C(O[C@H]3[C@H](O)[C@@H](O)[C@H](CO)O[C@H]23)C(O)([C@@H]2O[C@H](CO)[C@@H](O)[C@H](O)[C@H]2O)C1=O. The number of phenolic OH excluding ortho intramolecular Hbond substituents is 1. The predicted octanol–water partition coefficient (Wildman–Crippen LogP) is -3.92. The van der Waals surface area contributed by atoms with Crippen LogP contribution < -0.4 is 0 Å². The smallest absolute Gasteiger partial charge is 0.214 e. The highest BCUT2D eigenvalue weighted by Crippen LogP contribution is 2.50. The maximum absolute atomic E-state index is 13.9. The normalized spacial score (nSPS) is 40.2. The maximum atomic E-state index is 13.9. The summed E-state index contributed by atoms with van der Waals surface area (Å²) in [6, 6.07) is 5.53. The zero-order valence-electron chi connectivity index (χ0n) is 21.7. The fourth-order valence-corrected chi connectivity index (χ4v) is 5.63. The summed E-state index contributed by atoms with van der Waals surface area (Å²) < 4.78 is 16.7. The van der Waals surface area contributed by atoms with E-state index in [-0.39, 0.29) is 5.75 Å². The van der Waals surface area contributed by atoms with E-state index >= 15 is 0 Å². The van der Waals surface area contributed by atoms with Gasteiger partial charge in [-0.1, -0.05) is 18.2 Å². The lowest BCUT2D eigenvalue weighted by Crippen LogP contribution is -2.68. The zero-order valence-corrected chi connectivity index (χ0v) is 21.7. The third-order valence-electron chi connectivity index (χ3n) is 7.93. The molecule has 1 aliphatic carbocycles. The van der Waals surface area contributed by atoms with Crippen LogP contribution in [0.1, 0.15) is 5.56 Å². The van der Waals surface area contributed by atoms with E-state index in [1.807, 2.05) is 0 Å². The van der Waals surface area contributed by atoms with Gasteiger partial charge in [0.1, 0.15) is 77.8 Å². The molecular weight excluding hydrogens is 564 g/mol. The number of hydrogen-bond acceptors (Lipinski definition) is 15. The highest BCUT2D eigenvalue weighted by Gasteiger charge is 2.67. The van der Waals surface area contributed by atoms with Crippen LogP contribution in [0.5, 0.6) is 5.75 Å². The molecule has 228 valence electrons. The first kappa shape index (κ1) is 30.2. The molecule has 1 aromatic rings. The first-order valence-electron chi connectivity index (χ1n) is 12.9. The molecule has 42 heavy (non-hydrogen) atoms. The van der Waals surface area contributed by atoms with Gasteiger partial charge in [0, 0.05) is 0 Å². The molecule has 11 atom stereocenters. The Morgan fingerprint density at radius 2 is 1.45 bits per heavy atom. The van der Waals surface area contributed by atoms with Gasteiger partial charge >= 0.3 is 0 Å². The summed E-state index contributed by atoms with van der Waals surface area (Å²) >= 11 is 0. The van der Waals surface area contributed by atoms with Gasteiger partial charge in [-0.2, -0.15) is 0 Å². The van der Waals surface area contributed by atoms with Gasteiger partial charge in [-0.3, -0.25) is 9.59 Å². The largest absolute Gasteiger partial charge is 0.508 e. The van der Waals surface area contributed by atoms with Crippen LogP contribution in [0, 0.1) is 0 Å². The summed E-state index contributed by atoms with van der Waals surface area (Å²) in [7, 11) is 0. The van der Waals surface area contributed by atoms with Crippen molar-refractivity contribution in [2.75, 3.05) is 13.2 Å². The lowest BCUT2D eigenvalue weighted by atomic mass is 9.73. The number of ether oxygens (including phenoxy) is 3. The molecule has 0 aromatic heterocycles. The van der Waals surface area contributed by atoms with Gasteiger partial charge in [0.15, 0.2) is 11.9 Å². The summed E-state index contributed by atoms with van der Waals surface area (Å²) in [4.78, 5) is 27.3. The van der Waals surface area contributed by atoms with Gasteiger partial charge in [-0.05, 0) is 23.8 Å². The molecule has 5 rings (SSSR count). The summed E-state index contributed by atoms with van der Waals surface area (Å²) in [5.74, 6) is -4.64. The Hall–Kier alpha value is -3.22. The second-order valence-electron chi connectivity index (χ2n) is 10.4. The number of phenols is 1. The standard InChI is InChI=1S/C27H30O15/c28-7-12-17(33)20(36)23-22(40-12)15-18(34)14(11(31)6-3-9-1-4-10(30)5-2-9)24(38)27(39,25(15)42-23)26-21(37)19(35)16(32)13(8-29)41-26/h1-6,12-13,16-17,19-23,26,28-30,32-37,39H,7-8H2/b6-3+/t12-,13+,16+,17-,19-,20+,21+,22+,23-,26+,27?/m0/s1. The molecule has 0 saturated carbocycles. The van der Waals surface area contributed by atoms with E-state index in [1.165, 1.54) is 30.3 Å². The molecule has 4 aliphatic rings. The molecule has 15 heteroatoms. The second kappa shape index (κ2) is 11.1. The fourth-order valence-electron chi connectivity index (χ4n) is 5.63. The molecule has 0 amide bonds. The van der Waals surface area contributed by atoms with E-state index in [9.17, 15) is 60.7 Å². The van der Waals surface area contributed by atoms with E-state index in [4.69, 9.17) is 14.2 Å². The number of carbonyl (C=O) groups excluding carboxylic acids is 2. The Balaban J connectivity index is 1.64. The van der Waals surface area contributed by atoms with Crippen LogP contribution in [0.2, 0.25) is 0 Å². The number of aromatic hydroxyl groups is 1. The number of carbonyl (C=O) groups is 2. The first-order valence-corrected chi connectivity index (χ1v) is 12.9. The number of aliphatic hydroxyl groups excluding tert-OH is 8. The van der Waals surface area contributed by atoms with Crippen molar-refractivity contribution in [1.82, 2.24) is 0 Å². The van der Waals surface area contributed by atoms with Crippen LogP contribution in [0.25, 0.3) is 6.08 Å². The van der Waals surface area contributed by atoms with Crippen LogP contribution in [0.15, 0.2) is 53.0 Å². The highest BCUT2D eigenvalue weighted by molar-refractivity contribution is 6.29. The van der Waals surface area contributed by atoms with Crippen molar-refractivity contribution in [3.8, 4) is 5.75 Å². The summed E-state index contributed by atoms with van der Waals surface area (Å²) in [6.07, 6.45) is -16.0. The molecule has 15 nitrogen and oxygen atoms in total. The van der Waals surface area contributed by atoms with Crippen LogP contribution in [-0.2, 0) is 23.8 Å². The number of rotatable bonds is 6. The van der Waals surface area contributed by atoms with Crippen molar-refractivity contribution in [3.05, 3.63) is 58.6 Å². The van der Waals surface area contributed by atoms with Crippen molar-refractivity contribution in [1.29, 1.82) is 0 Å². The van der Waals surface area contributed by atoms with Crippen molar-refractivity contribution in [2.24, 2.45) is 0 Å². The number of fused-ring (bicyclic) bond motifs is 2. The number of benzene rings is 1. The highest BCUT2D eigenvalue weighted by atomic mass is 16.6. The number of aliphatic hydroxyl groups is 9. The van der Waals surface area contributed by atoms with Crippen LogP contribution in [-0.4, -0.2) is 142 Å². The second-order valence-corrected chi connectivity index (χ2v) is 10.4. The van der Waals surface area contributed by atoms with Gasteiger partial charge in [0.2, 0.25) is 11.4 Å². The minimum Gasteiger partial charge on any atom is -0.508 e. The van der Waals surface area contributed by atoms with E-state index < -0.39 is 114 Å². The van der Waals surface area contributed by atoms with Crippen molar-refractivity contribution in [3.63, 3.8) is 0 Å². The molecule has 10 N–H and O–H groups in total. The summed E-state index contributed by atoms with van der Waals surface area (Å²) in [6.45, 7) is -1.73. The number of Topliss-reactive ketones (excluding diaryl/α,β-unsaturated/α-hetero) is 1. The van der Waals surface area contributed by atoms with Crippen LogP contribution in [0.3, 0.4) is 0 Å². The Bertz CT molecular complexity index is 1330. The molecule has 0 radical (unpaired) electrons. The van der Waals surface area contributed by atoms with Gasteiger partial charge in [0.05, 0.1) is 18.8 Å². The van der Waals surface area contributed by atoms with Crippen molar-refractivity contribution in [2.45, 2.75) is 66.6 Å². The minimum absolute atomic E-state index is 0.0536. The quantitative estimate of drug-likeness (QED) is 0.111. The average Bonchev–Trinajstić information content (AvgIpc) is 3.37. The predicted molar refractivity (Wildman–Crippen MR) is 135 cm³/mol. The summed E-state index contributed by atoms with van der Waals surface area (Å²) in [5, 5.41) is 105. The Morgan fingerprint density at radius 1 is 0.857 bits per heavy atom. The van der Waals surface area contributed by atoms with E-state index in [0.717, 1.165) is 6.08 Å². The number of hydrogen-bond donors (Lipinski definition) is 10. The molecule has 3 aliphatic heterocycles. The third-order valence-corrected chi connectivity index (χ3v) is 7.93. The zero-order chi connectivity index (χ0) is 30.7. The topological polar surface area (TPSA) is 264 Å². The van der Waals surface area contributed by atoms with Crippen LogP contribution in [0.4, 0.5) is 0 Å². The molecule has 0 bridgehead atoms. The Kier molecular flexibility index (Phi) is 8.01. The minimum atomic E-state index is -3.22. The first-order chi connectivity index (χ1) is 19.9. The van der Waals surface area contributed by atoms with E-state index in [2.05, 4.69) is 0 Å². The van der Waals surface area contributed by atoms with Crippen molar-refractivity contribution >= 4 is 17.6 Å². The van der Waals surface area contributed by atoms with Crippen molar-refractivity contribution < 1.29 is 74.9 Å². The van der Waals surface area contributed by atoms with Gasteiger partial charge < -0.3 is 65.3 Å². The van der Waals surface area contributed by atoms with Crippen LogP contribution >= 0.6 is 0 Å². The molecule has 2 fully saturated rings. The Labute approximate surface area is 237 Å². The van der Waals surface area contributed by atoms with E-state index in [1.54, 1.807) is 0 Å². The molecule has 1 unspecified atom stereocenters. The monoisotopic (exact) mass is 594 g/mol. The third kappa shape index (κ3) is 4.55. The fraction of sp³-hybridized carbons (Fsp3) is 0.481. The number of ketones is 2. The lowest BCUT2D eigenvalue weighted by Gasteiger charge is -2.47. The number of allylic oxidation sites excluding steroid dienone is 1. The van der Waals surface area contributed by atoms with Gasteiger partial charge in [0.25, 0.3) is 0 Å². The lowest BCUT2D eigenvalue weighted by molar-refractivity contribution is -0.266. The molecule has 3 heterocycles. The summed E-state index contributed by atoms with van der Waals surface area (Å²) in [5.41, 5.74) is -4.38. The van der Waals surface area contributed by atoms with Gasteiger partial charge in [-0.25, -0.2) is 0 Å². The maximum Gasteiger partial charge on any atom is 0.214 e. The van der Waals surface area contributed by atoms with Gasteiger partial charge in [-0.15, -0.1) is 0 Å². The molecule has 1 aromatic carbocycles. The molecule has 0 spiro atoms. The average molecular weight is 595 g/mol. The van der Waals surface area contributed by atoms with E-state index in [0.29, 0.717) is 5.56 Å². The molecule has 2 saturated heterocycles. The molecular formula is C27H30O15.